The van der Waals surface area contributed by atoms with Gasteiger partial charge in [0, 0.05) is 36.3 Å². The van der Waals surface area contributed by atoms with E-state index in [1.165, 1.54) is 17.0 Å². The fourth-order valence-electron chi connectivity index (χ4n) is 5.17. The van der Waals surface area contributed by atoms with E-state index in [4.69, 9.17) is 37.8 Å². The molecule has 17 heteroatoms. The highest BCUT2D eigenvalue weighted by atomic mass is 16.6. The fourth-order valence-corrected chi connectivity index (χ4v) is 5.17. The third kappa shape index (κ3) is 13.3. The van der Waals surface area contributed by atoms with Crippen LogP contribution in [-0.2, 0) is 19.1 Å². The Morgan fingerprint density at radius 2 is 1.50 bits per heavy atom. The summed E-state index contributed by atoms with van der Waals surface area (Å²) in [7, 11) is 0. The van der Waals surface area contributed by atoms with E-state index in [2.05, 4.69) is 20.6 Å². The largest absolute Gasteiger partial charge is 0.444 e. The van der Waals surface area contributed by atoms with Gasteiger partial charge in [-0.15, -0.1) is 0 Å². The highest BCUT2D eigenvalue weighted by Crippen LogP contribution is 2.27. The molecule has 4 amide bonds. The predicted molar refractivity (Wildman–Crippen MR) is 192 cm³/mol. The second kappa shape index (κ2) is 18.4. The molecule has 1 heterocycles. The van der Waals surface area contributed by atoms with Crippen LogP contribution in [0.25, 0.3) is 11.0 Å². The Kier molecular flexibility index (Phi) is 15.0. The van der Waals surface area contributed by atoms with Crippen LogP contribution in [0.2, 0.25) is 0 Å². The predicted octanol–water partition coefficient (Wildman–Crippen LogP) is 0.820. The van der Waals surface area contributed by atoms with Gasteiger partial charge in [-0.2, -0.15) is 0 Å². The Balaban J connectivity index is 2.65. The van der Waals surface area contributed by atoms with E-state index in [1.54, 1.807) is 39.8 Å². The Morgan fingerprint density at radius 3 is 2.04 bits per heavy atom. The molecule has 12 N–H and O–H groups in total. The zero-order valence-electron chi connectivity index (χ0n) is 29.7. The van der Waals surface area contributed by atoms with Gasteiger partial charge in [-0.25, -0.2) is 9.59 Å². The molecule has 50 heavy (non-hydrogen) atoms. The van der Waals surface area contributed by atoms with Crippen molar-refractivity contribution in [2.75, 3.05) is 18.0 Å². The zero-order valence-corrected chi connectivity index (χ0v) is 29.7. The van der Waals surface area contributed by atoms with Gasteiger partial charge in [-0.05, 0) is 83.4 Å². The van der Waals surface area contributed by atoms with Gasteiger partial charge >= 0.3 is 11.7 Å². The number of carbonyl (C=O) groups excluding carboxylic acids is 4. The summed E-state index contributed by atoms with van der Waals surface area (Å²) in [6.45, 7) is 10.8. The molecule has 0 aliphatic carbocycles. The molecule has 1 aromatic carbocycles. The first kappa shape index (κ1) is 40.8. The lowest BCUT2D eigenvalue weighted by atomic mass is 10.0. The number of aryl methyl sites for hydroxylation is 1. The smallest absolute Gasteiger partial charge is 0.408 e. The molecule has 1 aromatic heterocycles. The number of guanidine groups is 2. The summed E-state index contributed by atoms with van der Waals surface area (Å²) < 4.78 is 10.8. The average Bonchev–Trinajstić information content (AvgIpc) is 2.97. The number of alkyl carbamates (subject to hydrolysis) is 1. The fraction of sp³-hybridized carbons (Fsp3) is 0.545. The van der Waals surface area contributed by atoms with Gasteiger partial charge in [0.15, 0.2) is 11.9 Å². The molecule has 0 fully saturated rings. The molecule has 0 saturated heterocycles. The topological polar surface area (TPSA) is 290 Å². The van der Waals surface area contributed by atoms with Crippen LogP contribution >= 0.6 is 0 Å². The number of nitrogens with one attached hydrogen (secondary N) is 2. The Hall–Kier alpha value is -5.35. The molecule has 0 saturated carbocycles. The van der Waals surface area contributed by atoms with E-state index in [9.17, 15) is 24.0 Å². The molecule has 0 aliphatic rings. The Labute approximate surface area is 291 Å². The van der Waals surface area contributed by atoms with Crippen molar-refractivity contribution in [3.05, 3.63) is 40.2 Å². The van der Waals surface area contributed by atoms with Gasteiger partial charge in [-0.3, -0.25) is 29.3 Å². The van der Waals surface area contributed by atoms with Crippen molar-refractivity contribution in [3.8, 4) is 0 Å². The SMILES string of the molecule is Cc1cc(=O)oc2cc(N(C(=O)[C@H](CCCN=C(N)N)NC(=O)[C@H](CC(C)C)NC(=O)OC(C)(C)C)[C@@H](CCCN=C(N)N)C(N)=O)ccc12. The van der Waals surface area contributed by atoms with Gasteiger partial charge in [0.25, 0.3) is 0 Å². The van der Waals surface area contributed by atoms with Crippen molar-refractivity contribution < 1.29 is 28.3 Å². The number of anilines is 1. The maximum atomic E-state index is 14.7. The van der Waals surface area contributed by atoms with E-state index in [-0.39, 0.29) is 74.3 Å². The van der Waals surface area contributed by atoms with Crippen molar-refractivity contribution in [3.63, 3.8) is 0 Å². The molecule has 17 nitrogen and oxygen atoms in total. The van der Waals surface area contributed by atoms with E-state index >= 15 is 0 Å². The van der Waals surface area contributed by atoms with Gasteiger partial charge in [0.2, 0.25) is 17.7 Å². The van der Waals surface area contributed by atoms with Crippen molar-refractivity contribution in [1.82, 2.24) is 10.6 Å². The number of amides is 4. The number of hydrogen-bond donors (Lipinski definition) is 7. The van der Waals surface area contributed by atoms with Crippen molar-refractivity contribution in [2.45, 2.75) is 97.4 Å². The molecule has 0 spiro atoms. The monoisotopic (exact) mass is 700 g/mol. The van der Waals surface area contributed by atoms with Crippen LogP contribution < -0.4 is 49.8 Å². The molecule has 2 rings (SSSR count). The lowest BCUT2D eigenvalue weighted by molar-refractivity contribution is -0.130. The highest BCUT2D eigenvalue weighted by Gasteiger charge is 2.36. The number of ether oxygens (including phenoxy) is 1. The van der Waals surface area contributed by atoms with E-state index in [0.717, 1.165) is 0 Å². The summed E-state index contributed by atoms with van der Waals surface area (Å²) in [4.78, 5) is 75.6. The molecule has 0 radical (unpaired) electrons. The summed E-state index contributed by atoms with van der Waals surface area (Å²) in [5.41, 5.74) is 27.4. The van der Waals surface area contributed by atoms with Crippen molar-refractivity contribution >= 4 is 52.4 Å². The van der Waals surface area contributed by atoms with E-state index < -0.39 is 53.2 Å². The van der Waals surface area contributed by atoms with E-state index in [0.29, 0.717) is 10.9 Å². The molecule has 0 aliphatic heterocycles. The van der Waals surface area contributed by atoms with Crippen molar-refractivity contribution in [2.24, 2.45) is 44.6 Å². The standard InChI is InChI=1S/C33H52N10O7/c1-18(2)15-23(42-32(48)50-33(4,5)6)28(46)41-22(9-7-13-39-30(35)36)29(47)43(24(27(34)45)10-8-14-40-31(37)38)20-11-12-21-19(3)16-26(44)49-25(21)17-20/h11-12,16-18,22-24H,7-10,13-15H2,1-6H3,(H2,34,45)(H,41,46)(H,42,48)(H4,35,36,39)(H4,37,38,40)/t22-,23-,24-/m0/s1. The minimum absolute atomic E-state index is 0.0277. The van der Waals surface area contributed by atoms with E-state index in [1.807, 2.05) is 13.8 Å². The minimum atomic E-state index is -1.26. The van der Waals surface area contributed by atoms with Crippen LogP contribution in [-0.4, -0.2) is 72.5 Å². The summed E-state index contributed by atoms with van der Waals surface area (Å²) in [6.07, 6.45) is -0.0127. The number of aliphatic imine (C=N–C) groups is 2. The zero-order chi connectivity index (χ0) is 37.8. The summed E-state index contributed by atoms with van der Waals surface area (Å²) in [5, 5.41) is 5.98. The van der Waals surface area contributed by atoms with Crippen LogP contribution in [0.1, 0.15) is 72.3 Å². The van der Waals surface area contributed by atoms with Crippen LogP contribution in [0.5, 0.6) is 0 Å². The van der Waals surface area contributed by atoms with Gasteiger partial charge < -0.3 is 48.5 Å². The number of benzene rings is 1. The molecule has 276 valence electrons. The third-order valence-electron chi connectivity index (χ3n) is 7.30. The molecule has 0 bridgehead atoms. The first-order valence-corrected chi connectivity index (χ1v) is 16.4. The number of fused-ring (bicyclic) bond motifs is 1. The van der Waals surface area contributed by atoms with Crippen LogP contribution in [0, 0.1) is 12.8 Å². The number of nitrogens with two attached hydrogens (primary N) is 5. The maximum absolute atomic E-state index is 14.7. The first-order chi connectivity index (χ1) is 23.3. The number of rotatable bonds is 17. The van der Waals surface area contributed by atoms with Crippen LogP contribution in [0.3, 0.4) is 0 Å². The summed E-state index contributed by atoms with van der Waals surface area (Å²) in [6, 6.07) is 2.45. The number of carbonyl (C=O) groups is 4. The van der Waals surface area contributed by atoms with Crippen molar-refractivity contribution in [1.29, 1.82) is 0 Å². The molecule has 0 unspecified atom stereocenters. The lowest BCUT2D eigenvalue weighted by Crippen LogP contribution is -2.58. The Morgan fingerprint density at radius 1 is 0.900 bits per heavy atom. The minimum Gasteiger partial charge on any atom is -0.444 e. The lowest BCUT2D eigenvalue weighted by Gasteiger charge is -2.34. The molecule has 3 atom stereocenters. The quantitative estimate of drug-likeness (QED) is 0.0524. The number of hydrogen-bond acceptors (Lipinski definition) is 9. The molecular weight excluding hydrogens is 648 g/mol. The molecule has 2 aromatic rings. The van der Waals surface area contributed by atoms with Gasteiger partial charge in [0.1, 0.15) is 29.3 Å². The second-order valence-corrected chi connectivity index (χ2v) is 13.3. The summed E-state index contributed by atoms with van der Waals surface area (Å²) >= 11 is 0. The first-order valence-electron chi connectivity index (χ1n) is 16.4. The van der Waals surface area contributed by atoms with Crippen LogP contribution in [0.4, 0.5) is 10.5 Å². The van der Waals surface area contributed by atoms with Gasteiger partial charge in [-0.1, -0.05) is 13.8 Å². The highest BCUT2D eigenvalue weighted by molar-refractivity contribution is 6.05. The maximum Gasteiger partial charge on any atom is 0.408 e. The number of primary amides is 1. The summed E-state index contributed by atoms with van der Waals surface area (Å²) in [5.74, 6) is -2.54. The molecular formula is C33H52N10O7. The third-order valence-corrected chi connectivity index (χ3v) is 7.30. The Bertz CT molecular complexity index is 1620. The average molecular weight is 701 g/mol. The second-order valence-electron chi connectivity index (χ2n) is 13.3. The number of nitrogens with zero attached hydrogens (tertiary/aromatic N) is 3. The van der Waals surface area contributed by atoms with Crippen LogP contribution in [0.15, 0.2) is 43.5 Å². The normalized spacial score (nSPS) is 13.1. The van der Waals surface area contributed by atoms with Gasteiger partial charge in [0.05, 0.1) is 0 Å².